The van der Waals surface area contributed by atoms with Crippen LogP contribution in [0, 0.1) is 11.3 Å². The fraction of sp³-hybridized carbons (Fsp3) is 0.381. The lowest BCUT2D eigenvalue weighted by atomic mass is 10.1. The van der Waals surface area contributed by atoms with E-state index in [9.17, 15) is 14.9 Å². The Bertz CT molecular complexity index is 938. The van der Waals surface area contributed by atoms with Crippen LogP contribution in [0.25, 0.3) is 0 Å². The standard InChI is InChI=1S/C21H22N2O5S/c1-26-15-8-6-9-16(27-2)19(15)21(25)28-12-18(24)23-20-14(11-22)13-7-4-3-5-10-17(13)29-20/h6,8-9H,3-5,7,10,12H2,1-2H3,(H,23,24). The van der Waals surface area contributed by atoms with Crippen molar-refractivity contribution in [1.82, 2.24) is 0 Å². The first kappa shape index (κ1) is 20.7. The van der Waals surface area contributed by atoms with Crippen LogP contribution in [0.3, 0.4) is 0 Å². The Balaban J connectivity index is 1.69. The predicted octanol–water partition coefficient (Wildman–Crippen LogP) is 3.70. The predicted molar refractivity (Wildman–Crippen MR) is 109 cm³/mol. The van der Waals surface area contributed by atoms with Gasteiger partial charge in [-0.3, -0.25) is 4.79 Å². The molecular weight excluding hydrogens is 392 g/mol. The molecule has 0 atom stereocenters. The first-order valence-corrected chi connectivity index (χ1v) is 10.1. The lowest BCUT2D eigenvalue weighted by Gasteiger charge is -2.12. The number of nitrogens with one attached hydrogen (secondary N) is 1. The highest BCUT2D eigenvalue weighted by Crippen LogP contribution is 2.37. The van der Waals surface area contributed by atoms with E-state index in [1.54, 1.807) is 18.2 Å². The zero-order valence-electron chi connectivity index (χ0n) is 16.4. The Morgan fingerprint density at radius 3 is 2.48 bits per heavy atom. The molecule has 0 saturated heterocycles. The maximum Gasteiger partial charge on any atom is 0.346 e. The number of hydrogen-bond acceptors (Lipinski definition) is 7. The molecule has 152 valence electrons. The van der Waals surface area contributed by atoms with Crippen LogP contribution in [-0.4, -0.2) is 32.7 Å². The van der Waals surface area contributed by atoms with Crippen molar-refractivity contribution in [2.45, 2.75) is 32.1 Å². The van der Waals surface area contributed by atoms with Gasteiger partial charge in [-0.05, 0) is 43.4 Å². The van der Waals surface area contributed by atoms with Crippen molar-refractivity contribution in [3.05, 3.63) is 39.8 Å². The molecule has 3 rings (SSSR count). The number of thiophene rings is 1. The molecule has 7 nitrogen and oxygen atoms in total. The van der Waals surface area contributed by atoms with Crippen LogP contribution < -0.4 is 14.8 Å². The van der Waals surface area contributed by atoms with Crippen molar-refractivity contribution in [3.8, 4) is 17.6 Å². The highest BCUT2D eigenvalue weighted by atomic mass is 32.1. The SMILES string of the molecule is COc1cccc(OC)c1C(=O)OCC(=O)Nc1sc2c(c1C#N)CCCCC2. The van der Waals surface area contributed by atoms with Gasteiger partial charge in [0.2, 0.25) is 0 Å². The third-order valence-corrected chi connectivity index (χ3v) is 5.96. The fourth-order valence-corrected chi connectivity index (χ4v) is 4.62. The van der Waals surface area contributed by atoms with Crippen LogP contribution >= 0.6 is 11.3 Å². The smallest absolute Gasteiger partial charge is 0.346 e. The number of nitrogens with zero attached hydrogens (tertiary/aromatic N) is 1. The molecule has 29 heavy (non-hydrogen) atoms. The molecule has 8 heteroatoms. The summed E-state index contributed by atoms with van der Waals surface area (Å²) < 4.78 is 15.5. The third-order valence-electron chi connectivity index (χ3n) is 4.75. The number of rotatable bonds is 6. The maximum atomic E-state index is 12.5. The average molecular weight is 414 g/mol. The van der Waals surface area contributed by atoms with Gasteiger partial charge in [-0.25, -0.2) is 4.79 Å². The second kappa shape index (κ2) is 9.43. The Labute approximate surface area is 173 Å². The van der Waals surface area contributed by atoms with Crippen molar-refractivity contribution in [1.29, 1.82) is 5.26 Å². The van der Waals surface area contributed by atoms with Crippen LogP contribution in [0.1, 0.15) is 45.6 Å². The summed E-state index contributed by atoms with van der Waals surface area (Å²) in [5, 5.41) is 12.8. The van der Waals surface area contributed by atoms with Crippen LogP contribution in [0.2, 0.25) is 0 Å². The van der Waals surface area contributed by atoms with Crippen molar-refractivity contribution in [2.75, 3.05) is 26.1 Å². The number of esters is 1. The molecule has 1 heterocycles. The van der Waals surface area contributed by atoms with Crippen molar-refractivity contribution in [2.24, 2.45) is 0 Å². The lowest BCUT2D eigenvalue weighted by molar-refractivity contribution is -0.119. The van der Waals surface area contributed by atoms with Gasteiger partial charge in [0.15, 0.2) is 6.61 Å². The molecule has 0 saturated carbocycles. The summed E-state index contributed by atoms with van der Waals surface area (Å²) in [5.41, 5.74) is 1.69. The number of aryl methyl sites for hydroxylation is 1. The number of fused-ring (bicyclic) bond motifs is 1. The summed E-state index contributed by atoms with van der Waals surface area (Å²) in [6.07, 6.45) is 5.06. The Morgan fingerprint density at radius 1 is 1.14 bits per heavy atom. The number of carbonyl (C=O) groups is 2. The van der Waals surface area contributed by atoms with E-state index in [1.165, 1.54) is 25.6 Å². The van der Waals surface area contributed by atoms with Gasteiger partial charge < -0.3 is 19.5 Å². The van der Waals surface area contributed by atoms with Gasteiger partial charge in [-0.1, -0.05) is 12.5 Å². The monoisotopic (exact) mass is 414 g/mol. The minimum atomic E-state index is -0.725. The van der Waals surface area contributed by atoms with Gasteiger partial charge in [0.1, 0.15) is 28.1 Å². The molecule has 0 aliphatic heterocycles. The van der Waals surface area contributed by atoms with Crippen molar-refractivity contribution >= 4 is 28.2 Å². The van der Waals surface area contributed by atoms with Gasteiger partial charge in [-0.15, -0.1) is 11.3 Å². The lowest BCUT2D eigenvalue weighted by Crippen LogP contribution is -2.21. The zero-order valence-corrected chi connectivity index (χ0v) is 17.2. The van der Waals surface area contributed by atoms with E-state index in [4.69, 9.17) is 14.2 Å². The number of amides is 1. The van der Waals surface area contributed by atoms with Crippen LogP contribution in [0.15, 0.2) is 18.2 Å². The molecule has 1 aromatic carbocycles. The summed E-state index contributed by atoms with van der Waals surface area (Å²) in [7, 11) is 2.87. The topological polar surface area (TPSA) is 97.7 Å². The van der Waals surface area contributed by atoms with Crippen LogP contribution in [0.4, 0.5) is 5.00 Å². The average Bonchev–Trinajstić information content (AvgIpc) is 2.89. The molecule has 1 N–H and O–H groups in total. The van der Waals surface area contributed by atoms with Gasteiger partial charge >= 0.3 is 5.97 Å². The highest BCUT2D eigenvalue weighted by molar-refractivity contribution is 7.16. The van der Waals surface area contributed by atoms with Crippen molar-refractivity contribution in [3.63, 3.8) is 0 Å². The highest BCUT2D eigenvalue weighted by Gasteiger charge is 2.23. The molecule has 1 aliphatic rings. The Morgan fingerprint density at radius 2 is 1.83 bits per heavy atom. The van der Waals surface area contributed by atoms with E-state index >= 15 is 0 Å². The molecular formula is C21H22N2O5S. The number of carbonyl (C=O) groups excluding carboxylic acids is 2. The summed E-state index contributed by atoms with van der Waals surface area (Å²) in [5.74, 6) is -0.635. The normalized spacial score (nSPS) is 12.9. The number of nitriles is 1. The van der Waals surface area contributed by atoms with Gasteiger partial charge in [0.25, 0.3) is 5.91 Å². The Kier molecular flexibility index (Phi) is 6.73. The second-order valence-electron chi connectivity index (χ2n) is 6.54. The summed E-state index contributed by atoms with van der Waals surface area (Å²) in [6, 6.07) is 7.11. The van der Waals surface area contributed by atoms with E-state index in [1.807, 2.05) is 0 Å². The second-order valence-corrected chi connectivity index (χ2v) is 7.65. The number of hydrogen-bond donors (Lipinski definition) is 1. The Hall–Kier alpha value is -3.05. The number of methoxy groups -OCH3 is 2. The number of anilines is 1. The molecule has 0 radical (unpaired) electrons. The summed E-state index contributed by atoms with van der Waals surface area (Å²) in [6.45, 7) is -0.479. The van der Waals surface area contributed by atoms with Gasteiger partial charge in [-0.2, -0.15) is 5.26 Å². The zero-order chi connectivity index (χ0) is 20.8. The largest absolute Gasteiger partial charge is 0.496 e. The molecule has 0 spiro atoms. The number of ether oxygens (including phenoxy) is 3. The summed E-state index contributed by atoms with van der Waals surface area (Å²) in [4.78, 5) is 26.0. The minimum absolute atomic E-state index is 0.117. The maximum absolute atomic E-state index is 12.5. The molecule has 2 aromatic rings. The van der Waals surface area contributed by atoms with Crippen molar-refractivity contribution < 1.29 is 23.8 Å². The van der Waals surface area contributed by atoms with E-state index in [0.29, 0.717) is 22.1 Å². The quantitative estimate of drug-likeness (QED) is 0.572. The third kappa shape index (κ3) is 4.51. The molecule has 1 aliphatic carbocycles. The first-order chi connectivity index (χ1) is 14.1. The van der Waals surface area contributed by atoms with E-state index in [-0.39, 0.29) is 5.56 Å². The fourth-order valence-electron chi connectivity index (χ4n) is 3.37. The molecule has 1 amide bonds. The van der Waals surface area contributed by atoms with Crippen LogP contribution in [0.5, 0.6) is 11.5 Å². The number of benzene rings is 1. The van der Waals surface area contributed by atoms with Gasteiger partial charge in [0, 0.05) is 4.88 Å². The molecule has 0 bridgehead atoms. The molecule has 0 unspecified atom stereocenters. The van der Waals surface area contributed by atoms with Gasteiger partial charge in [0.05, 0.1) is 19.8 Å². The van der Waals surface area contributed by atoms with Crippen LogP contribution in [-0.2, 0) is 22.4 Å². The van der Waals surface area contributed by atoms with E-state index < -0.39 is 18.5 Å². The minimum Gasteiger partial charge on any atom is -0.496 e. The summed E-state index contributed by atoms with van der Waals surface area (Å²) >= 11 is 1.44. The first-order valence-electron chi connectivity index (χ1n) is 9.31. The van der Waals surface area contributed by atoms with E-state index in [0.717, 1.165) is 42.5 Å². The van der Waals surface area contributed by atoms with E-state index in [2.05, 4.69) is 11.4 Å². The molecule has 0 fully saturated rings. The molecule has 1 aromatic heterocycles.